The quantitative estimate of drug-likeness (QED) is 0.814. The highest BCUT2D eigenvalue weighted by molar-refractivity contribution is 5.97. The lowest BCUT2D eigenvalue weighted by molar-refractivity contribution is 0.0921. The van der Waals surface area contributed by atoms with E-state index >= 15 is 0 Å². The number of aromatic nitrogens is 1. The summed E-state index contributed by atoms with van der Waals surface area (Å²) < 4.78 is 12.3. The molecule has 1 heterocycles. The van der Waals surface area contributed by atoms with Gasteiger partial charge in [0, 0.05) is 36.6 Å². The second-order valence-corrected chi connectivity index (χ2v) is 4.54. The molecule has 1 amide bonds. The number of hydrogen-bond donors (Lipinski definition) is 1. The fourth-order valence-electron chi connectivity index (χ4n) is 1.82. The van der Waals surface area contributed by atoms with E-state index in [9.17, 15) is 9.59 Å². The monoisotopic (exact) mass is 288 g/mol. The van der Waals surface area contributed by atoms with Crippen LogP contribution in [0.1, 0.15) is 20.7 Å². The zero-order chi connectivity index (χ0) is 15.4. The summed E-state index contributed by atoms with van der Waals surface area (Å²) in [4.78, 5) is 23.2. The first kappa shape index (κ1) is 14.6. The van der Waals surface area contributed by atoms with E-state index < -0.39 is 5.91 Å². The van der Waals surface area contributed by atoms with E-state index in [-0.39, 0.29) is 18.0 Å². The number of carbonyl (C=O) groups is 2. The summed E-state index contributed by atoms with van der Waals surface area (Å²) in [6, 6.07) is 6.29. The third-order valence-electron chi connectivity index (χ3n) is 2.92. The zero-order valence-electron chi connectivity index (χ0n) is 11.8. The first-order valence-electron chi connectivity index (χ1n) is 6.26. The number of nitrogens with zero attached hydrogens (tertiary/aromatic N) is 1. The Balaban J connectivity index is 2.10. The topological polar surface area (TPSA) is 83.6 Å². The molecule has 0 spiro atoms. The molecule has 110 valence electrons. The first-order chi connectivity index (χ1) is 9.99. The van der Waals surface area contributed by atoms with Crippen LogP contribution in [0.4, 0.5) is 0 Å². The Morgan fingerprint density at radius 2 is 1.90 bits per heavy atom. The van der Waals surface area contributed by atoms with Crippen molar-refractivity contribution >= 4 is 11.7 Å². The Morgan fingerprint density at radius 1 is 1.19 bits per heavy atom. The minimum absolute atomic E-state index is 0.130. The van der Waals surface area contributed by atoms with Gasteiger partial charge in [0.15, 0.2) is 6.61 Å². The number of aryl methyl sites for hydroxylation is 1. The number of primary amides is 1. The molecule has 2 aromatic rings. The summed E-state index contributed by atoms with van der Waals surface area (Å²) in [5.74, 6) is 0.0491. The van der Waals surface area contributed by atoms with Gasteiger partial charge in [0.05, 0.1) is 7.11 Å². The summed E-state index contributed by atoms with van der Waals surface area (Å²) in [6.45, 7) is -0.130. The van der Waals surface area contributed by atoms with Gasteiger partial charge >= 0.3 is 0 Å². The smallest absolute Gasteiger partial charge is 0.248 e. The number of rotatable bonds is 6. The number of nitrogens with two attached hydrogens (primary N) is 1. The molecule has 1 aromatic carbocycles. The van der Waals surface area contributed by atoms with E-state index in [1.165, 1.54) is 19.2 Å². The van der Waals surface area contributed by atoms with Crippen molar-refractivity contribution in [2.45, 2.75) is 0 Å². The standard InChI is InChI=1S/C15H16N2O4/c1-17-4-3-10(8-17)14(18)9-21-13-6-11(15(16)19)5-12(7-13)20-2/h3-8H,9H2,1-2H3,(H2,16,19). The lowest BCUT2D eigenvalue weighted by atomic mass is 10.2. The van der Waals surface area contributed by atoms with Gasteiger partial charge in [0.2, 0.25) is 11.7 Å². The van der Waals surface area contributed by atoms with Gasteiger partial charge in [-0.05, 0) is 18.2 Å². The molecule has 21 heavy (non-hydrogen) atoms. The van der Waals surface area contributed by atoms with Crippen LogP contribution in [0.3, 0.4) is 0 Å². The van der Waals surface area contributed by atoms with Crippen LogP contribution in [0.2, 0.25) is 0 Å². The molecule has 0 atom stereocenters. The van der Waals surface area contributed by atoms with E-state index in [0.717, 1.165) is 0 Å². The summed E-state index contributed by atoms with van der Waals surface area (Å²) in [5.41, 5.74) is 6.06. The van der Waals surface area contributed by atoms with Crippen LogP contribution in [-0.2, 0) is 7.05 Å². The van der Waals surface area contributed by atoms with Gasteiger partial charge in [-0.2, -0.15) is 0 Å². The van der Waals surface area contributed by atoms with Gasteiger partial charge in [-0.25, -0.2) is 0 Å². The minimum atomic E-state index is -0.590. The van der Waals surface area contributed by atoms with Crippen molar-refractivity contribution in [2.75, 3.05) is 13.7 Å². The average Bonchev–Trinajstić information content (AvgIpc) is 2.91. The Kier molecular flexibility index (Phi) is 4.27. The maximum Gasteiger partial charge on any atom is 0.248 e. The molecule has 6 nitrogen and oxygen atoms in total. The molecule has 0 saturated carbocycles. The molecule has 0 unspecified atom stereocenters. The number of methoxy groups -OCH3 is 1. The maximum absolute atomic E-state index is 11.9. The second kappa shape index (κ2) is 6.13. The van der Waals surface area contributed by atoms with Gasteiger partial charge in [-0.1, -0.05) is 0 Å². The molecule has 0 bridgehead atoms. The number of Topliss-reactive ketones (excluding diaryl/α,β-unsaturated/α-hetero) is 1. The molecule has 0 radical (unpaired) electrons. The molecular formula is C15H16N2O4. The van der Waals surface area contributed by atoms with Crippen LogP contribution < -0.4 is 15.2 Å². The van der Waals surface area contributed by atoms with E-state index in [1.54, 1.807) is 29.1 Å². The zero-order valence-corrected chi connectivity index (χ0v) is 11.8. The minimum Gasteiger partial charge on any atom is -0.497 e. The molecule has 2 N–H and O–H groups in total. The Hall–Kier alpha value is -2.76. The molecule has 0 saturated heterocycles. The van der Waals surface area contributed by atoms with Crippen LogP contribution in [0.25, 0.3) is 0 Å². The normalized spacial score (nSPS) is 10.2. The van der Waals surface area contributed by atoms with Gasteiger partial charge < -0.3 is 19.8 Å². The van der Waals surface area contributed by atoms with Crippen LogP contribution in [0.15, 0.2) is 36.7 Å². The van der Waals surface area contributed by atoms with E-state index in [1.807, 2.05) is 7.05 Å². The van der Waals surface area contributed by atoms with Crippen molar-refractivity contribution in [3.8, 4) is 11.5 Å². The molecule has 2 rings (SSSR count). The fraction of sp³-hybridized carbons (Fsp3) is 0.200. The summed E-state index contributed by atoms with van der Waals surface area (Å²) in [7, 11) is 3.30. The molecule has 0 fully saturated rings. The first-order valence-corrected chi connectivity index (χ1v) is 6.26. The third-order valence-corrected chi connectivity index (χ3v) is 2.92. The van der Waals surface area contributed by atoms with Gasteiger partial charge in [0.1, 0.15) is 11.5 Å². The van der Waals surface area contributed by atoms with E-state index in [0.29, 0.717) is 17.1 Å². The van der Waals surface area contributed by atoms with Gasteiger partial charge in [0.25, 0.3) is 0 Å². The van der Waals surface area contributed by atoms with Crippen molar-refractivity contribution in [2.24, 2.45) is 12.8 Å². The summed E-state index contributed by atoms with van der Waals surface area (Å²) in [5, 5.41) is 0. The molecule has 0 aliphatic rings. The van der Waals surface area contributed by atoms with Crippen molar-refractivity contribution in [1.29, 1.82) is 0 Å². The van der Waals surface area contributed by atoms with E-state index in [2.05, 4.69) is 0 Å². The van der Waals surface area contributed by atoms with Gasteiger partial charge in [-0.15, -0.1) is 0 Å². The van der Waals surface area contributed by atoms with Gasteiger partial charge in [-0.3, -0.25) is 9.59 Å². The van der Waals surface area contributed by atoms with Crippen LogP contribution >= 0.6 is 0 Å². The highest BCUT2D eigenvalue weighted by Crippen LogP contribution is 2.22. The van der Waals surface area contributed by atoms with Crippen LogP contribution in [0.5, 0.6) is 11.5 Å². The summed E-state index contributed by atoms with van der Waals surface area (Å²) in [6.07, 6.45) is 3.50. The number of carbonyl (C=O) groups excluding carboxylic acids is 2. The van der Waals surface area contributed by atoms with Crippen molar-refractivity contribution in [3.05, 3.63) is 47.8 Å². The molecule has 0 aliphatic heterocycles. The lowest BCUT2D eigenvalue weighted by Gasteiger charge is -2.08. The molecule has 0 aliphatic carbocycles. The Bertz CT molecular complexity index is 676. The van der Waals surface area contributed by atoms with Crippen LogP contribution in [-0.4, -0.2) is 30.0 Å². The lowest BCUT2D eigenvalue weighted by Crippen LogP contribution is -2.13. The number of ketones is 1. The third kappa shape index (κ3) is 3.62. The molecular weight excluding hydrogens is 272 g/mol. The van der Waals surface area contributed by atoms with Crippen molar-refractivity contribution in [1.82, 2.24) is 4.57 Å². The second-order valence-electron chi connectivity index (χ2n) is 4.54. The predicted molar refractivity (Wildman–Crippen MR) is 76.8 cm³/mol. The number of ether oxygens (including phenoxy) is 2. The predicted octanol–water partition coefficient (Wildman–Crippen LogP) is 1.39. The van der Waals surface area contributed by atoms with Crippen molar-refractivity contribution in [3.63, 3.8) is 0 Å². The Morgan fingerprint density at radius 3 is 2.48 bits per heavy atom. The SMILES string of the molecule is COc1cc(OCC(=O)c2ccn(C)c2)cc(C(N)=O)c1. The molecule has 6 heteroatoms. The van der Waals surface area contributed by atoms with Crippen LogP contribution in [0, 0.1) is 0 Å². The average molecular weight is 288 g/mol. The maximum atomic E-state index is 11.9. The summed E-state index contributed by atoms with van der Waals surface area (Å²) >= 11 is 0. The van der Waals surface area contributed by atoms with Crippen molar-refractivity contribution < 1.29 is 19.1 Å². The highest BCUT2D eigenvalue weighted by atomic mass is 16.5. The number of benzene rings is 1. The fourth-order valence-corrected chi connectivity index (χ4v) is 1.82. The Labute approximate surface area is 122 Å². The molecule has 1 aromatic heterocycles. The largest absolute Gasteiger partial charge is 0.497 e. The van der Waals surface area contributed by atoms with E-state index in [4.69, 9.17) is 15.2 Å². The number of amides is 1. The highest BCUT2D eigenvalue weighted by Gasteiger charge is 2.11. The number of hydrogen-bond acceptors (Lipinski definition) is 4.